The van der Waals surface area contributed by atoms with Crippen LogP contribution in [0.25, 0.3) is 6.08 Å². The minimum absolute atomic E-state index is 0.00640. The Hall–Kier alpha value is -3.43. The molecule has 0 bridgehead atoms. The van der Waals surface area contributed by atoms with E-state index >= 15 is 0 Å². The summed E-state index contributed by atoms with van der Waals surface area (Å²) >= 11 is 9.19. The number of carbonyl (C=O) groups is 1. The average Bonchev–Trinajstić information content (AvgIpc) is 2.78. The number of amides is 1. The van der Waals surface area contributed by atoms with Crippen LogP contribution in [-0.2, 0) is 11.4 Å². The topological polar surface area (TPSA) is 90.7 Å². The molecule has 33 heavy (non-hydrogen) atoms. The Morgan fingerprint density at radius 3 is 2.70 bits per heavy atom. The van der Waals surface area contributed by atoms with Crippen molar-refractivity contribution in [3.05, 3.63) is 97.2 Å². The number of halogens is 3. The van der Waals surface area contributed by atoms with Crippen LogP contribution in [-0.4, -0.2) is 17.9 Å². The molecule has 10 heteroatoms. The SMILES string of the molecule is COc1cc(/C=C/C(=O)Nc2ccc(Cl)c([N+](=O)[O-])c2)cc(Br)c1OCc1ccccc1F. The lowest BCUT2D eigenvalue weighted by molar-refractivity contribution is -0.384. The smallest absolute Gasteiger partial charge is 0.289 e. The summed E-state index contributed by atoms with van der Waals surface area (Å²) in [6, 6.07) is 13.6. The molecule has 3 aromatic rings. The van der Waals surface area contributed by atoms with Gasteiger partial charge >= 0.3 is 0 Å². The van der Waals surface area contributed by atoms with Crippen molar-refractivity contribution in [2.24, 2.45) is 0 Å². The Morgan fingerprint density at radius 1 is 1.24 bits per heavy atom. The molecule has 0 fully saturated rings. The third kappa shape index (κ3) is 6.30. The van der Waals surface area contributed by atoms with Crippen molar-refractivity contribution in [2.45, 2.75) is 6.61 Å². The molecule has 3 aromatic carbocycles. The van der Waals surface area contributed by atoms with Crippen LogP contribution in [0, 0.1) is 15.9 Å². The summed E-state index contributed by atoms with van der Waals surface area (Å²) in [6.45, 7) is 0.00640. The molecule has 1 N–H and O–H groups in total. The molecule has 0 atom stereocenters. The molecule has 0 radical (unpaired) electrons. The number of nitro groups is 1. The van der Waals surface area contributed by atoms with Gasteiger partial charge in [-0.3, -0.25) is 14.9 Å². The number of carbonyl (C=O) groups excluding carboxylic acids is 1. The van der Waals surface area contributed by atoms with Gasteiger partial charge in [-0.25, -0.2) is 4.39 Å². The Labute approximate surface area is 202 Å². The molecule has 0 heterocycles. The minimum atomic E-state index is -0.632. The van der Waals surface area contributed by atoms with Crippen LogP contribution in [0.5, 0.6) is 11.5 Å². The number of nitrogens with one attached hydrogen (secondary N) is 1. The minimum Gasteiger partial charge on any atom is -0.493 e. The molecule has 1 amide bonds. The summed E-state index contributed by atoms with van der Waals surface area (Å²) in [6.07, 6.45) is 2.80. The first-order valence-corrected chi connectivity index (χ1v) is 10.6. The van der Waals surface area contributed by atoms with Gasteiger partial charge < -0.3 is 14.8 Å². The number of nitro benzene ring substituents is 1. The number of methoxy groups -OCH3 is 1. The quantitative estimate of drug-likeness (QED) is 0.205. The average molecular weight is 536 g/mol. The Morgan fingerprint density at radius 2 is 2.00 bits per heavy atom. The zero-order valence-corrected chi connectivity index (χ0v) is 19.5. The first-order chi connectivity index (χ1) is 15.8. The number of benzene rings is 3. The van der Waals surface area contributed by atoms with Gasteiger partial charge in [0, 0.05) is 23.4 Å². The summed E-state index contributed by atoms with van der Waals surface area (Å²) in [7, 11) is 1.46. The maximum absolute atomic E-state index is 13.8. The number of nitrogens with zero attached hydrogens (tertiary/aromatic N) is 1. The summed E-state index contributed by atoms with van der Waals surface area (Å²) in [5, 5.41) is 13.5. The van der Waals surface area contributed by atoms with E-state index in [1.54, 1.807) is 30.3 Å². The van der Waals surface area contributed by atoms with Gasteiger partial charge in [0.25, 0.3) is 5.69 Å². The van der Waals surface area contributed by atoms with Crippen molar-refractivity contribution < 1.29 is 23.6 Å². The first-order valence-electron chi connectivity index (χ1n) is 9.45. The fourth-order valence-corrected chi connectivity index (χ4v) is 3.59. The second kappa shape index (κ2) is 10.9. The first kappa shape index (κ1) is 24.2. The summed E-state index contributed by atoms with van der Waals surface area (Å²) < 4.78 is 25.5. The highest BCUT2D eigenvalue weighted by atomic mass is 79.9. The van der Waals surface area contributed by atoms with Crippen LogP contribution in [0.1, 0.15) is 11.1 Å². The van der Waals surface area contributed by atoms with Gasteiger partial charge in [-0.1, -0.05) is 29.8 Å². The maximum atomic E-state index is 13.8. The van der Waals surface area contributed by atoms with Crippen LogP contribution in [0.3, 0.4) is 0 Å². The van der Waals surface area contributed by atoms with Crippen LogP contribution >= 0.6 is 27.5 Å². The fourth-order valence-electron chi connectivity index (χ4n) is 2.83. The Bertz CT molecular complexity index is 1240. The van der Waals surface area contributed by atoms with Crippen molar-refractivity contribution in [1.29, 1.82) is 0 Å². The van der Waals surface area contributed by atoms with Crippen LogP contribution < -0.4 is 14.8 Å². The van der Waals surface area contributed by atoms with E-state index in [-0.39, 0.29) is 28.8 Å². The second-order valence-electron chi connectivity index (χ2n) is 6.66. The molecule has 3 rings (SSSR count). The molecule has 7 nitrogen and oxygen atoms in total. The van der Waals surface area contributed by atoms with Gasteiger partial charge in [-0.15, -0.1) is 0 Å². The molecular weight excluding hydrogens is 519 g/mol. The third-order valence-corrected chi connectivity index (χ3v) is 5.33. The molecule has 0 aliphatic heterocycles. The monoisotopic (exact) mass is 534 g/mol. The zero-order valence-electron chi connectivity index (χ0n) is 17.2. The Balaban J connectivity index is 1.72. The van der Waals surface area contributed by atoms with E-state index in [4.69, 9.17) is 21.1 Å². The summed E-state index contributed by atoms with van der Waals surface area (Å²) in [4.78, 5) is 22.6. The number of rotatable bonds is 8. The van der Waals surface area contributed by atoms with Crippen molar-refractivity contribution in [3.63, 3.8) is 0 Å². The molecule has 0 aliphatic carbocycles. The highest BCUT2D eigenvalue weighted by Crippen LogP contribution is 2.37. The molecule has 0 unspecified atom stereocenters. The van der Waals surface area contributed by atoms with Crippen LogP contribution in [0.2, 0.25) is 5.02 Å². The van der Waals surface area contributed by atoms with E-state index in [2.05, 4.69) is 21.2 Å². The van der Waals surface area contributed by atoms with Gasteiger partial charge in [-0.2, -0.15) is 0 Å². The highest BCUT2D eigenvalue weighted by molar-refractivity contribution is 9.10. The number of hydrogen-bond donors (Lipinski definition) is 1. The van der Waals surface area contributed by atoms with E-state index < -0.39 is 10.8 Å². The number of hydrogen-bond acceptors (Lipinski definition) is 5. The lowest BCUT2D eigenvalue weighted by Gasteiger charge is -2.14. The Kier molecular flexibility index (Phi) is 8.02. The van der Waals surface area contributed by atoms with Crippen LogP contribution in [0.4, 0.5) is 15.8 Å². The van der Waals surface area contributed by atoms with E-state index in [0.717, 1.165) is 0 Å². The molecule has 0 aromatic heterocycles. The molecule has 0 saturated carbocycles. The zero-order chi connectivity index (χ0) is 24.0. The largest absolute Gasteiger partial charge is 0.493 e. The molecular formula is C23H17BrClFN2O5. The van der Waals surface area contributed by atoms with E-state index in [1.165, 1.54) is 43.5 Å². The lowest BCUT2D eigenvalue weighted by Crippen LogP contribution is -2.08. The van der Waals surface area contributed by atoms with Crippen molar-refractivity contribution >= 4 is 50.9 Å². The fraction of sp³-hybridized carbons (Fsp3) is 0.0870. The number of anilines is 1. The van der Waals surface area contributed by atoms with Crippen molar-refractivity contribution in [2.75, 3.05) is 12.4 Å². The van der Waals surface area contributed by atoms with Crippen molar-refractivity contribution in [3.8, 4) is 11.5 Å². The molecule has 0 spiro atoms. The highest BCUT2D eigenvalue weighted by Gasteiger charge is 2.14. The molecule has 0 aliphatic rings. The van der Waals surface area contributed by atoms with Gasteiger partial charge in [-0.05, 0) is 57.9 Å². The standard InChI is InChI=1S/C23H17BrClFN2O5/c1-32-21-11-14(10-17(24)23(21)33-13-15-4-2-3-5-19(15)26)6-9-22(29)27-16-7-8-18(25)20(12-16)28(30)31/h2-12H,13H2,1H3,(H,27,29)/b9-6+. The van der Waals surface area contributed by atoms with Gasteiger partial charge in [0.1, 0.15) is 17.4 Å². The normalized spacial score (nSPS) is 10.8. The third-order valence-electron chi connectivity index (χ3n) is 4.42. The van der Waals surface area contributed by atoms with Gasteiger partial charge in [0.05, 0.1) is 16.5 Å². The second-order valence-corrected chi connectivity index (χ2v) is 7.92. The van der Waals surface area contributed by atoms with Crippen LogP contribution in [0.15, 0.2) is 65.1 Å². The van der Waals surface area contributed by atoms with E-state index in [1.807, 2.05) is 0 Å². The summed E-state index contributed by atoms with van der Waals surface area (Å²) in [5.74, 6) is -0.101. The predicted octanol–water partition coefficient (Wildman–Crippen LogP) is 6.39. The van der Waals surface area contributed by atoms with Gasteiger partial charge in [0.15, 0.2) is 11.5 Å². The molecule has 0 saturated heterocycles. The molecule has 170 valence electrons. The predicted molar refractivity (Wildman–Crippen MR) is 127 cm³/mol. The summed E-state index contributed by atoms with van der Waals surface area (Å²) in [5.41, 5.74) is 0.943. The lowest BCUT2D eigenvalue weighted by atomic mass is 10.1. The van der Waals surface area contributed by atoms with E-state index in [9.17, 15) is 19.3 Å². The van der Waals surface area contributed by atoms with E-state index in [0.29, 0.717) is 27.1 Å². The van der Waals surface area contributed by atoms with Gasteiger partial charge in [0.2, 0.25) is 5.91 Å². The van der Waals surface area contributed by atoms with Crippen molar-refractivity contribution in [1.82, 2.24) is 0 Å². The number of ether oxygens (including phenoxy) is 2. The maximum Gasteiger partial charge on any atom is 0.289 e.